The number of allylic oxidation sites excluding steroid dienone is 1. The SMILES string of the molecule is CC(C)CCCCC1CCC2C3CC=C4CC(O)CCC4(C)C3CCC12C.O. The summed E-state index contributed by atoms with van der Waals surface area (Å²) >= 11 is 0. The Kier molecular flexibility index (Phi) is 6.72. The molecule has 4 aliphatic carbocycles. The predicted molar refractivity (Wildman–Crippen MR) is 118 cm³/mol. The Morgan fingerprint density at radius 3 is 2.57 bits per heavy atom. The first-order valence-corrected chi connectivity index (χ1v) is 12.2. The summed E-state index contributed by atoms with van der Waals surface area (Å²) in [4.78, 5) is 0. The highest BCUT2D eigenvalue weighted by atomic mass is 16.3. The maximum absolute atomic E-state index is 10.2. The Balaban J connectivity index is 0.00000225. The van der Waals surface area contributed by atoms with Gasteiger partial charge in [0.1, 0.15) is 0 Å². The van der Waals surface area contributed by atoms with Gasteiger partial charge in [0.05, 0.1) is 6.10 Å². The minimum atomic E-state index is -0.0727. The average molecular weight is 391 g/mol. The third-order valence-electron chi connectivity index (χ3n) is 9.86. The van der Waals surface area contributed by atoms with Gasteiger partial charge in [-0.1, -0.05) is 58.6 Å². The molecular formula is C26H46O2. The summed E-state index contributed by atoms with van der Waals surface area (Å²) in [6, 6.07) is 0. The number of rotatable bonds is 5. The van der Waals surface area contributed by atoms with E-state index in [9.17, 15) is 5.11 Å². The summed E-state index contributed by atoms with van der Waals surface area (Å²) in [7, 11) is 0. The average Bonchev–Trinajstić information content (AvgIpc) is 2.96. The lowest BCUT2D eigenvalue weighted by Gasteiger charge is -2.58. The van der Waals surface area contributed by atoms with Crippen molar-refractivity contribution in [3.63, 3.8) is 0 Å². The fraction of sp³-hybridized carbons (Fsp3) is 0.923. The van der Waals surface area contributed by atoms with Crippen molar-refractivity contribution in [2.75, 3.05) is 0 Å². The number of fused-ring (bicyclic) bond motifs is 5. The molecule has 28 heavy (non-hydrogen) atoms. The molecule has 4 rings (SSSR count). The van der Waals surface area contributed by atoms with Gasteiger partial charge in [0.25, 0.3) is 0 Å². The second-order valence-electron chi connectivity index (χ2n) is 11.7. The Hall–Kier alpha value is -0.340. The molecule has 3 saturated carbocycles. The number of hydrogen-bond acceptors (Lipinski definition) is 1. The number of aliphatic hydroxyl groups excluding tert-OH is 1. The first-order chi connectivity index (χ1) is 12.8. The molecule has 3 fully saturated rings. The molecule has 0 heterocycles. The Morgan fingerprint density at radius 1 is 1.04 bits per heavy atom. The lowest BCUT2D eigenvalue weighted by Crippen LogP contribution is -2.50. The van der Waals surface area contributed by atoms with E-state index >= 15 is 0 Å². The van der Waals surface area contributed by atoms with E-state index < -0.39 is 0 Å². The summed E-state index contributed by atoms with van der Waals surface area (Å²) in [5.74, 6) is 4.64. The van der Waals surface area contributed by atoms with Crippen molar-refractivity contribution in [2.24, 2.45) is 40.4 Å². The largest absolute Gasteiger partial charge is 0.412 e. The van der Waals surface area contributed by atoms with Crippen molar-refractivity contribution < 1.29 is 10.6 Å². The van der Waals surface area contributed by atoms with Gasteiger partial charge in [-0.25, -0.2) is 0 Å². The standard InChI is InChI=1S/C26H44O.H2O/c1-18(2)7-5-6-8-19-10-12-23-22-11-9-20-17-21(27)13-15-26(20,4)24(22)14-16-25(19,23)3;/h9,18-19,21-24,27H,5-8,10-17H2,1-4H3;1H2. The van der Waals surface area contributed by atoms with Crippen molar-refractivity contribution >= 4 is 0 Å². The fourth-order valence-corrected chi connectivity index (χ4v) is 8.17. The minimum Gasteiger partial charge on any atom is -0.412 e. The molecular weight excluding hydrogens is 344 g/mol. The first-order valence-electron chi connectivity index (χ1n) is 12.2. The Labute approximate surface area is 173 Å². The first kappa shape index (κ1) is 22.3. The van der Waals surface area contributed by atoms with Gasteiger partial charge in [-0.05, 0) is 98.2 Å². The van der Waals surface area contributed by atoms with Crippen LogP contribution in [-0.2, 0) is 0 Å². The molecule has 0 aromatic carbocycles. The molecule has 162 valence electrons. The van der Waals surface area contributed by atoms with Gasteiger partial charge >= 0.3 is 0 Å². The van der Waals surface area contributed by atoms with Crippen molar-refractivity contribution in [3.05, 3.63) is 11.6 Å². The maximum atomic E-state index is 10.2. The molecule has 0 radical (unpaired) electrons. The van der Waals surface area contributed by atoms with E-state index in [4.69, 9.17) is 0 Å². The van der Waals surface area contributed by atoms with E-state index in [2.05, 4.69) is 33.8 Å². The van der Waals surface area contributed by atoms with E-state index in [0.29, 0.717) is 10.8 Å². The van der Waals surface area contributed by atoms with E-state index in [1.165, 1.54) is 64.2 Å². The number of unbranched alkanes of at least 4 members (excludes halogenated alkanes) is 1. The van der Waals surface area contributed by atoms with Gasteiger partial charge in [-0.15, -0.1) is 0 Å². The Bertz CT molecular complexity index is 567. The van der Waals surface area contributed by atoms with Gasteiger partial charge in [0.15, 0.2) is 0 Å². The molecule has 2 nitrogen and oxygen atoms in total. The molecule has 3 N–H and O–H groups in total. The quantitative estimate of drug-likeness (QED) is 0.433. The van der Waals surface area contributed by atoms with Crippen LogP contribution in [0.3, 0.4) is 0 Å². The highest BCUT2D eigenvalue weighted by molar-refractivity contribution is 5.25. The van der Waals surface area contributed by atoms with Crippen molar-refractivity contribution in [1.29, 1.82) is 0 Å². The van der Waals surface area contributed by atoms with Crippen LogP contribution in [0.15, 0.2) is 11.6 Å². The van der Waals surface area contributed by atoms with Crippen LogP contribution in [0, 0.1) is 40.4 Å². The summed E-state index contributed by atoms with van der Waals surface area (Å²) < 4.78 is 0. The molecule has 2 heteroatoms. The summed E-state index contributed by atoms with van der Waals surface area (Å²) in [5.41, 5.74) is 2.64. The second-order valence-corrected chi connectivity index (χ2v) is 11.7. The van der Waals surface area contributed by atoms with Crippen molar-refractivity contribution in [2.45, 2.75) is 111 Å². The number of hydrogen-bond donors (Lipinski definition) is 1. The topological polar surface area (TPSA) is 51.7 Å². The van der Waals surface area contributed by atoms with Crippen LogP contribution < -0.4 is 0 Å². The zero-order valence-corrected chi connectivity index (χ0v) is 19.0. The predicted octanol–water partition coefficient (Wildman–Crippen LogP) is 6.32. The smallest absolute Gasteiger partial charge is 0.0577 e. The highest BCUT2D eigenvalue weighted by Gasteiger charge is 2.58. The summed E-state index contributed by atoms with van der Waals surface area (Å²) in [6.07, 6.45) is 18.7. The van der Waals surface area contributed by atoms with Crippen LogP contribution in [0.5, 0.6) is 0 Å². The van der Waals surface area contributed by atoms with Gasteiger partial charge in [0, 0.05) is 0 Å². The monoisotopic (exact) mass is 390 g/mol. The van der Waals surface area contributed by atoms with Crippen molar-refractivity contribution in [3.8, 4) is 0 Å². The molecule has 4 aliphatic rings. The molecule has 0 aromatic rings. The van der Waals surface area contributed by atoms with Crippen LogP contribution >= 0.6 is 0 Å². The molecule has 0 bridgehead atoms. The molecule has 0 amide bonds. The fourth-order valence-electron chi connectivity index (χ4n) is 8.17. The van der Waals surface area contributed by atoms with E-state index in [-0.39, 0.29) is 11.6 Å². The van der Waals surface area contributed by atoms with Gasteiger partial charge < -0.3 is 10.6 Å². The summed E-state index contributed by atoms with van der Waals surface area (Å²) in [5, 5.41) is 10.2. The van der Waals surface area contributed by atoms with E-state index in [1.807, 2.05) is 0 Å². The molecule has 0 spiro atoms. The van der Waals surface area contributed by atoms with Crippen LogP contribution in [-0.4, -0.2) is 16.7 Å². The van der Waals surface area contributed by atoms with Gasteiger partial charge in [-0.3, -0.25) is 0 Å². The zero-order valence-electron chi connectivity index (χ0n) is 19.0. The lowest BCUT2D eigenvalue weighted by atomic mass is 9.47. The third kappa shape index (κ3) is 3.73. The Morgan fingerprint density at radius 2 is 1.82 bits per heavy atom. The van der Waals surface area contributed by atoms with Crippen LogP contribution in [0.2, 0.25) is 0 Å². The molecule has 0 aliphatic heterocycles. The molecule has 0 saturated heterocycles. The zero-order chi connectivity index (χ0) is 19.2. The van der Waals surface area contributed by atoms with Crippen molar-refractivity contribution in [1.82, 2.24) is 0 Å². The van der Waals surface area contributed by atoms with Gasteiger partial charge in [-0.2, -0.15) is 0 Å². The van der Waals surface area contributed by atoms with Crippen LogP contribution in [0.1, 0.15) is 105 Å². The van der Waals surface area contributed by atoms with Crippen LogP contribution in [0.4, 0.5) is 0 Å². The molecule has 0 aromatic heterocycles. The van der Waals surface area contributed by atoms with E-state index in [1.54, 1.807) is 5.57 Å². The maximum Gasteiger partial charge on any atom is 0.0577 e. The normalized spacial score (nSPS) is 44.9. The third-order valence-corrected chi connectivity index (χ3v) is 9.86. The molecule has 7 unspecified atom stereocenters. The highest BCUT2D eigenvalue weighted by Crippen LogP contribution is 2.66. The second kappa shape index (κ2) is 8.42. The molecule has 7 atom stereocenters. The minimum absolute atomic E-state index is 0. The van der Waals surface area contributed by atoms with Gasteiger partial charge in [0.2, 0.25) is 0 Å². The summed E-state index contributed by atoms with van der Waals surface area (Å²) in [6.45, 7) is 9.97. The lowest BCUT2D eigenvalue weighted by molar-refractivity contribution is -0.0508. The van der Waals surface area contributed by atoms with E-state index in [0.717, 1.165) is 42.4 Å². The van der Waals surface area contributed by atoms with Crippen LogP contribution in [0.25, 0.3) is 0 Å². The number of aliphatic hydroxyl groups is 1.